The SMILES string of the molecule is O=[C][C@H]1NCC[C@@H]1O. The van der Waals surface area contributed by atoms with Gasteiger partial charge in [0, 0.05) is 0 Å². The van der Waals surface area contributed by atoms with E-state index in [9.17, 15) is 4.79 Å². The minimum Gasteiger partial charge on any atom is -0.391 e. The van der Waals surface area contributed by atoms with Crippen molar-refractivity contribution in [3.63, 3.8) is 0 Å². The van der Waals surface area contributed by atoms with Crippen LogP contribution in [0.15, 0.2) is 0 Å². The molecule has 0 saturated carbocycles. The Hall–Kier alpha value is -0.410. The van der Waals surface area contributed by atoms with Crippen molar-refractivity contribution in [2.45, 2.75) is 18.6 Å². The number of aliphatic hydroxyl groups is 1. The molecule has 45 valence electrons. The third-order valence-electron chi connectivity index (χ3n) is 1.32. The van der Waals surface area contributed by atoms with E-state index in [1.165, 1.54) is 0 Å². The Balaban J connectivity index is 2.41. The van der Waals surface area contributed by atoms with Gasteiger partial charge in [-0.25, -0.2) is 0 Å². The van der Waals surface area contributed by atoms with Gasteiger partial charge >= 0.3 is 0 Å². The summed E-state index contributed by atoms with van der Waals surface area (Å²) in [6.07, 6.45) is 1.86. The summed E-state index contributed by atoms with van der Waals surface area (Å²) in [5, 5.41) is 11.6. The van der Waals surface area contributed by atoms with Crippen molar-refractivity contribution < 1.29 is 9.90 Å². The summed E-state index contributed by atoms with van der Waals surface area (Å²) in [6.45, 7) is 0.723. The second kappa shape index (κ2) is 2.24. The van der Waals surface area contributed by atoms with Gasteiger partial charge in [0.15, 0.2) is 0 Å². The van der Waals surface area contributed by atoms with Crippen LogP contribution < -0.4 is 5.32 Å². The first kappa shape index (κ1) is 5.72. The van der Waals surface area contributed by atoms with Gasteiger partial charge in [0.05, 0.1) is 6.10 Å². The monoisotopic (exact) mass is 114 g/mol. The van der Waals surface area contributed by atoms with Gasteiger partial charge in [-0.3, -0.25) is 4.79 Å². The van der Waals surface area contributed by atoms with E-state index in [-0.39, 0.29) is 0 Å². The molecule has 1 aliphatic rings. The smallest absolute Gasteiger partial charge is 0.219 e. The molecule has 1 fully saturated rings. The van der Waals surface area contributed by atoms with Crippen LogP contribution in [0.4, 0.5) is 0 Å². The zero-order chi connectivity index (χ0) is 5.98. The number of aliphatic hydroxyl groups excluding tert-OH is 1. The molecule has 3 heteroatoms. The summed E-state index contributed by atoms with van der Waals surface area (Å²) >= 11 is 0. The molecule has 0 aliphatic carbocycles. The molecule has 0 aromatic heterocycles. The molecule has 1 aliphatic heterocycles. The molecule has 0 bridgehead atoms. The molecule has 1 heterocycles. The fourth-order valence-electron chi connectivity index (χ4n) is 0.810. The lowest BCUT2D eigenvalue weighted by Crippen LogP contribution is -2.31. The Bertz CT molecular complexity index is 94.4. The fraction of sp³-hybridized carbons (Fsp3) is 0.800. The van der Waals surface area contributed by atoms with E-state index in [0.717, 1.165) is 6.54 Å². The van der Waals surface area contributed by atoms with E-state index < -0.39 is 12.1 Å². The summed E-state index contributed by atoms with van der Waals surface area (Å²) < 4.78 is 0. The average Bonchev–Trinajstić information content (AvgIpc) is 2.14. The van der Waals surface area contributed by atoms with E-state index in [1.54, 1.807) is 6.29 Å². The van der Waals surface area contributed by atoms with Crippen LogP contribution in [0.5, 0.6) is 0 Å². The summed E-state index contributed by atoms with van der Waals surface area (Å²) in [5.74, 6) is 0. The fourth-order valence-corrected chi connectivity index (χ4v) is 0.810. The van der Waals surface area contributed by atoms with Gasteiger partial charge in [-0.15, -0.1) is 0 Å². The molecule has 1 saturated heterocycles. The summed E-state index contributed by atoms with van der Waals surface area (Å²) in [5.41, 5.74) is 0. The summed E-state index contributed by atoms with van der Waals surface area (Å²) in [4.78, 5) is 9.87. The lowest BCUT2D eigenvalue weighted by molar-refractivity contribution is 0.179. The number of hydrogen-bond acceptors (Lipinski definition) is 3. The van der Waals surface area contributed by atoms with Crippen LogP contribution in [0.1, 0.15) is 6.42 Å². The van der Waals surface area contributed by atoms with Crippen LogP contribution >= 0.6 is 0 Å². The molecule has 0 unspecified atom stereocenters. The Kier molecular flexibility index (Phi) is 1.60. The van der Waals surface area contributed by atoms with Crippen LogP contribution in [-0.4, -0.2) is 30.1 Å². The van der Waals surface area contributed by atoms with E-state index in [2.05, 4.69) is 5.32 Å². The molecule has 1 rings (SSSR count). The molecule has 3 nitrogen and oxygen atoms in total. The molecule has 0 aromatic rings. The van der Waals surface area contributed by atoms with E-state index in [0.29, 0.717) is 6.42 Å². The van der Waals surface area contributed by atoms with Crippen LogP contribution in [0.3, 0.4) is 0 Å². The van der Waals surface area contributed by atoms with Crippen LogP contribution in [0, 0.1) is 0 Å². The van der Waals surface area contributed by atoms with Gasteiger partial charge in [0.25, 0.3) is 0 Å². The minimum absolute atomic E-state index is 0.435. The Morgan fingerprint density at radius 2 is 2.50 bits per heavy atom. The molecule has 8 heavy (non-hydrogen) atoms. The zero-order valence-electron chi connectivity index (χ0n) is 4.42. The van der Waals surface area contributed by atoms with Crippen molar-refractivity contribution >= 4 is 6.29 Å². The van der Waals surface area contributed by atoms with Crippen LogP contribution in [-0.2, 0) is 4.79 Å². The maximum atomic E-state index is 9.87. The van der Waals surface area contributed by atoms with Crippen molar-refractivity contribution in [3.05, 3.63) is 0 Å². The Morgan fingerprint density at radius 1 is 1.75 bits per heavy atom. The molecule has 0 amide bonds. The van der Waals surface area contributed by atoms with Crippen molar-refractivity contribution in [1.29, 1.82) is 0 Å². The normalized spacial score (nSPS) is 37.6. The van der Waals surface area contributed by atoms with E-state index >= 15 is 0 Å². The van der Waals surface area contributed by atoms with Crippen molar-refractivity contribution in [2.24, 2.45) is 0 Å². The molecular formula is C5H8NO2. The predicted molar refractivity (Wildman–Crippen MR) is 28.1 cm³/mol. The summed E-state index contributed by atoms with van der Waals surface area (Å²) in [7, 11) is 0. The van der Waals surface area contributed by atoms with Crippen LogP contribution in [0.2, 0.25) is 0 Å². The second-order valence-corrected chi connectivity index (χ2v) is 1.91. The molecule has 2 atom stereocenters. The van der Waals surface area contributed by atoms with Crippen molar-refractivity contribution in [2.75, 3.05) is 6.54 Å². The quantitative estimate of drug-likeness (QED) is 0.451. The number of carbonyl (C=O) groups excluding carboxylic acids is 1. The molecular weight excluding hydrogens is 106 g/mol. The number of rotatable bonds is 1. The first-order valence-electron chi connectivity index (χ1n) is 2.63. The highest BCUT2D eigenvalue weighted by Crippen LogP contribution is 2.02. The van der Waals surface area contributed by atoms with Gasteiger partial charge < -0.3 is 10.4 Å². The summed E-state index contributed by atoms with van der Waals surface area (Å²) in [6, 6.07) is -0.435. The molecule has 2 N–H and O–H groups in total. The number of nitrogens with one attached hydrogen (secondary N) is 1. The maximum absolute atomic E-state index is 9.87. The van der Waals surface area contributed by atoms with Gasteiger partial charge in [-0.05, 0) is 13.0 Å². The predicted octanol–water partition coefficient (Wildman–Crippen LogP) is -1.18. The molecule has 1 radical (unpaired) electrons. The highest BCUT2D eigenvalue weighted by molar-refractivity contribution is 5.60. The minimum atomic E-state index is -0.507. The first-order valence-corrected chi connectivity index (χ1v) is 2.63. The lowest BCUT2D eigenvalue weighted by atomic mass is 10.2. The largest absolute Gasteiger partial charge is 0.391 e. The highest BCUT2D eigenvalue weighted by Gasteiger charge is 2.23. The highest BCUT2D eigenvalue weighted by atomic mass is 16.3. The average molecular weight is 114 g/mol. The molecule has 0 spiro atoms. The zero-order valence-corrected chi connectivity index (χ0v) is 4.42. The standard InChI is InChI=1S/C5H8NO2/c7-3-4-5(8)1-2-6-4/h4-6,8H,1-2H2/t4-,5+/m1/s1. The van der Waals surface area contributed by atoms with Gasteiger partial charge in [0.1, 0.15) is 6.04 Å². The maximum Gasteiger partial charge on any atom is 0.219 e. The molecule has 0 aromatic carbocycles. The van der Waals surface area contributed by atoms with Gasteiger partial charge in [-0.2, -0.15) is 0 Å². The van der Waals surface area contributed by atoms with E-state index in [1.807, 2.05) is 0 Å². The second-order valence-electron chi connectivity index (χ2n) is 1.91. The topological polar surface area (TPSA) is 49.3 Å². The van der Waals surface area contributed by atoms with Gasteiger partial charge in [0.2, 0.25) is 6.29 Å². The van der Waals surface area contributed by atoms with Crippen molar-refractivity contribution in [3.8, 4) is 0 Å². The number of hydrogen-bond donors (Lipinski definition) is 2. The van der Waals surface area contributed by atoms with Crippen LogP contribution in [0.25, 0.3) is 0 Å². The Labute approximate surface area is 47.7 Å². The Morgan fingerprint density at radius 3 is 2.75 bits per heavy atom. The third kappa shape index (κ3) is 0.877. The third-order valence-corrected chi connectivity index (χ3v) is 1.32. The van der Waals surface area contributed by atoms with E-state index in [4.69, 9.17) is 5.11 Å². The van der Waals surface area contributed by atoms with Gasteiger partial charge in [-0.1, -0.05) is 0 Å². The first-order chi connectivity index (χ1) is 3.84. The van der Waals surface area contributed by atoms with Crippen molar-refractivity contribution in [1.82, 2.24) is 5.32 Å². The lowest BCUT2D eigenvalue weighted by Gasteiger charge is -2.02.